The minimum absolute atomic E-state index is 0.0116. The number of hydrogen-bond acceptors (Lipinski definition) is 9. The standard InChI is InChI=1S/C28H23F4N5O5/c29-19-21(42-26(39)16-9-5-2-6-10-16)18(13-40-25(38)15-7-3-1-4-8-15)41-24(19)37-14-33-20-22(34-17-11-12-17)35-27(28(30,31)32)36-23(20)37/h1-10,14,17-19,21,24H,11-13H2,(H,34,35,36)/t18-,19+,21-,24-/m1/s1. The molecule has 218 valence electrons. The molecule has 2 fully saturated rings. The van der Waals surface area contributed by atoms with E-state index in [0.717, 1.165) is 23.7 Å². The topological polar surface area (TPSA) is 117 Å². The minimum atomic E-state index is -4.89. The molecule has 1 N–H and O–H groups in total. The first-order chi connectivity index (χ1) is 20.2. The van der Waals surface area contributed by atoms with E-state index in [1.54, 1.807) is 36.4 Å². The minimum Gasteiger partial charge on any atom is -0.459 e. The Morgan fingerprint density at radius 1 is 0.976 bits per heavy atom. The van der Waals surface area contributed by atoms with Gasteiger partial charge in [-0.3, -0.25) is 4.57 Å². The lowest BCUT2D eigenvalue weighted by molar-refractivity contribution is -0.144. The number of halogens is 4. The smallest absolute Gasteiger partial charge is 0.451 e. The zero-order chi connectivity index (χ0) is 29.4. The van der Waals surface area contributed by atoms with E-state index in [4.69, 9.17) is 14.2 Å². The van der Waals surface area contributed by atoms with Gasteiger partial charge in [-0.2, -0.15) is 13.2 Å². The SMILES string of the molecule is O=C(OC[C@H]1O[C@@H](n2cnc3c(NC4CC4)nc(C(F)(F)F)nc32)[C@@H](F)[C@@H]1OC(=O)c1ccccc1)c1ccccc1. The van der Waals surface area contributed by atoms with Gasteiger partial charge in [-0.15, -0.1) is 0 Å². The first-order valence-electron chi connectivity index (χ1n) is 13.0. The van der Waals surface area contributed by atoms with E-state index in [9.17, 15) is 22.8 Å². The third-order valence-electron chi connectivity index (χ3n) is 6.78. The number of nitrogens with zero attached hydrogens (tertiary/aromatic N) is 4. The van der Waals surface area contributed by atoms with Gasteiger partial charge in [0, 0.05) is 6.04 Å². The van der Waals surface area contributed by atoms with E-state index in [1.165, 1.54) is 24.3 Å². The summed E-state index contributed by atoms with van der Waals surface area (Å²) in [5, 5.41) is 2.91. The molecule has 0 radical (unpaired) electrons. The lowest BCUT2D eigenvalue weighted by Crippen LogP contribution is -2.37. The molecule has 1 saturated carbocycles. The zero-order valence-electron chi connectivity index (χ0n) is 21.7. The monoisotopic (exact) mass is 585 g/mol. The van der Waals surface area contributed by atoms with Gasteiger partial charge in [-0.05, 0) is 37.1 Å². The fourth-order valence-electron chi connectivity index (χ4n) is 4.53. The van der Waals surface area contributed by atoms with E-state index in [1.807, 2.05) is 0 Å². The van der Waals surface area contributed by atoms with Gasteiger partial charge < -0.3 is 19.5 Å². The zero-order valence-corrected chi connectivity index (χ0v) is 21.7. The van der Waals surface area contributed by atoms with Crippen molar-refractivity contribution in [3.8, 4) is 0 Å². The van der Waals surface area contributed by atoms with Crippen LogP contribution in [0.4, 0.5) is 23.4 Å². The van der Waals surface area contributed by atoms with E-state index in [-0.39, 0.29) is 34.2 Å². The Morgan fingerprint density at radius 3 is 2.24 bits per heavy atom. The molecule has 0 amide bonds. The molecule has 10 nitrogen and oxygen atoms in total. The van der Waals surface area contributed by atoms with Gasteiger partial charge in [0.1, 0.15) is 12.7 Å². The Labute approximate surface area is 235 Å². The van der Waals surface area contributed by atoms with Crippen molar-refractivity contribution in [2.45, 2.75) is 49.7 Å². The number of alkyl halides is 4. The van der Waals surface area contributed by atoms with Crippen molar-refractivity contribution in [1.29, 1.82) is 0 Å². The van der Waals surface area contributed by atoms with Gasteiger partial charge in [0.25, 0.3) is 0 Å². The second-order valence-electron chi connectivity index (χ2n) is 9.85. The van der Waals surface area contributed by atoms with Crippen LogP contribution in [0.3, 0.4) is 0 Å². The van der Waals surface area contributed by atoms with Gasteiger partial charge in [0.2, 0.25) is 5.82 Å². The lowest BCUT2D eigenvalue weighted by atomic mass is 10.1. The molecule has 0 spiro atoms. The van der Waals surface area contributed by atoms with Crippen molar-refractivity contribution < 1.29 is 41.4 Å². The maximum absolute atomic E-state index is 16.1. The highest BCUT2D eigenvalue weighted by atomic mass is 19.4. The summed E-state index contributed by atoms with van der Waals surface area (Å²) < 4.78 is 74.8. The van der Waals surface area contributed by atoms with Crippen LogP contribution in [-0.2, 0) is 20.4 Å². The Bertz CT molecular complexity index is 1600. The Kier molecular flexibility index (Phi) is 7.22. The van der Waals surface area contributed by atoms with Crippen molar-refractivity contribution in [3.63, 3.8) is 0 Å². The number of rotatable bonds is 8. The number of carbonyl (C=O) groups excluding carboxylic acids is 2. The van der Waals surface area contributed by atoms with E-state index >= 15 is 4.39 Å². The summed E-state index contributed by atoms with van der Waals surface area (Å²) >= 11 is 0. The summed E-state index contributed by atoms with van der Waals surface area (Å²) in [5.74, 6) is -3.16. The molecule has 4 aromatic rings. The molecule has 1 aliphatic heterocycles. The highest BCUT2D eigenvalue weighted by Gasteiger charge is 2.50. The Balaban J connectivity index is 1.32. The highest BCUT2D eigenvalue weighted by Crippen LogP contribution is 2.38. The highest BCUT2D eigenvalue weighted by molar-refractivity contribution is 5.90. The lowest BCUT2D eigenvalue weighted by Gasteiger charge is -2.19. The fraction of sp³-hybridized carbons (Fsp3) is 0.321. The molecule has 1 saturated heterocycles. The van der Waals surface area contributed by atoms with Gasteiger partial charge in [-0.1, -0.05) is 36.4 Å². The van der Waals surface area contributed by atoms with Crippen LogP contribution in [0, 0.1) is 0 Å². The molecule has 14 heteroatoms. The van der Waals surface area contributed by atoms with E-state index in [0.29, 0.717) is 0 Å². The number of hydrogen-bond donors (Lipinski definition) is 1. The number of nitrogens with one attached hydrogen (secondary N) is 1. The van der Waals surface area contributed by atoms with Crippen molar-refractivity contribution in [1.82, 2.24) is 19.5 Å². The largest absolute Gasteiger partial charge is 0.459 e. The van der Waals surface area contributed by atoms with E-state index in [2.05, 4.69) is 20.3 Å². The number of benzene rings is 2. The molecule has 2 aliphatic rings. The second-order valence-corrected chi connectivity index (χ2v) is 9.85. The first kappa shape index (κ1) is 27.6. The third kappa shape index (κ3) is 5.62. The molecule has 0 bridgehead atoms. The molecule has 2 aromatic heterocycles. The van der Waals surface area contributed by atoms with Gasteiger partial charge in [0.05, 0.1) is 17.5 Å². The Morgan fingerprint density at radius 2 is 1.62 bits per heavy atom. The molecule has 1 aliphatic carbocycles. The van der Waals surface area contributed by atoms with Crippen LogP contribution >= 0.6 is 0 Å². The summed E-state index contributed by atoms with van der Waals surface area (Å²) in [7, 11) is 0. The van der Waals surface area contributed by atoms with Crippen LogP contribution in [0.25, 0.3) is 11.2 Å². The van der Waals surface area contributed by atoms with Crippen LogP contribution in [0.15, 0.2) is 67.0 Å². The number of anilines is 1. The van der Waals surface area contributed by atoms with Crippen molar-refractivity contribution in [2.75, 3.05) is 11.9 Å². The van der Waals surface area contributed by atoms with Gasteiger partial charge in [0.15, 0.2) is 35.5 Å². The van der Waals surface area contributed by atoms with Crippen LogP contribution < -0.4 is 5.32 Å². The fourth-order valence-corrected chi connectivity index (χ4v) is 4.53. The van der Waals surface area contributed by atoms with Crippen LogP contribution in [-0.4, -0.2) is 62.5 Å². The summed E-state index contributed by atoms with van der Waals surface area (Å²) in [6, 6.07) is 15.8. The number of esters is 2. The Hall–Kier alpha value is -4.59. The number of ether oxygens (including phenoxy) is 3. The maximum atomic E-state index is 16.1. The first-order valence-corrected chi connectivity index (χ1v) is 13.0. The summed E-state index contributed by atoms with van der Waals surface area (Å²) in [4.78, 5) is 36.8. The number of carbonyl (C=O) groups is 2. The molecule has 3 heterocycles. The van der Waals surface area contributed by atoms with Crippen molar-refractivity contribution in [2.24, 2.45) is 0 Å². The molecule has 42 heavy (non-hydrogen) atoms. The van der Waals surface area contributed by atoms with Gasteiger partial charge in [-0.25, -0.2) is 28.9 Å². The summed E-state index contributed by atoms with van der Waals surface area (Å²) in [6.45, 7) is -0.513. The third-order valence-corrected chi connectivity index (χ3v) is 6.78. The quantitative estimate of drug-likeness (QED) is 0.231. The molecular formula is C28H23F4N5O5. The molecule has 0 unspecified atom stereocenters. The predicted octanol–water partition coefficient (Wildman–Crippen LogP) is 4.74. The molecular weight excluding hydrogens is 562 g/mol. The van der Waals surface area contributed by atoms with Gasteiger partial charge >= 0.3 is 18.1 Å². The molecule has 6 rings (SSSR count). The number of aromatic nitrogens is 4. The van der Waals surface area contributed by atoms with Crippen LogP contribution in [0.5, 0.6) is 0 Å². The average Bonchev–Trinajstić information content (AvgIpc) is 3.62. The average molecular weight is 586 g/mol. The number of imidazole rings is 1. The normalized spacial score (nSPS) is 22.2. The predicted molar refractivity (Wildman–Crippen MR) is 138 cm³/mol. The van der Waals surface area contributed by atoms with Crippen LogP contribution in [0.1, 0.15) is 45.6 Å². The summed E-state index contributed by atoms with van der Waals surface area (Å²) in [5.41, 5.74) is 0.0274. The molecule has 4 atom stereocenters. The van der Waals surface area contributed by atoms with E-state index < -0.39 is 55.2 Å². The van der Waals surface area contributed by atoms with Crippen molar-refractivity contribution >= 4 is 28.9 Å². The number of fused-ring (bicyclic) bond motifs is 1. The summed E-state index contributed by atoms with van der Waals surface area (Å²) in [6.07, 6.45) is -8.91. The molecule has 2 aromatic carbocycles. The van der Waals surface area contributed by atoms with Crippen molar-refractivity contribution in [3.05, 3.63) is 83.9 Å². The van der Waals surface area contributed by atoms with Crippen LogP contribution in [0.2, 0.25) is 0 Å². The second kappa shape index (κ2) is 11.0. The maximum Gasteiger partial charge on any atom is 0.451 e.